The highest BCUT2D eigenvalue weighted by Gasteiger charge is 2.29. The van der Waals surface area contributed by atoms with Gasteiger partial charge in [0.2, 0.25) is 5.82 Å². The van der Waals surface area contributed by atoms with Gasteiger partial charge in [-0.2, -0.15) is 0 Å². The number of amides is 1. The molecule has 6 heteroatoms. The summed E-state index contributed by atoms with van der Waals surface area (Å²) in [5.74, 6) is 1.19. The fourth-order valence-electron chi connectivity index (χ4n) is 3.36. The third-order valence-corrected chi connectivity index (χ3v) is 4.45. The lowest BCUT2D eigenvalue weighted by Crippen LogP contribution is -2.48. The van der Waals surface area contributed by atoms with Gasteiger partial charge in [-0.15, -0.1) is 5.10 Å². The number of carbonyl (C=O) groups excluding carboxylic acids is 1. The topological polar surface area (TPSA) is 60.3 Å². The van der Waals surface area contributed by atoms with Crippen molar-refractivity contribution in [1.29, 1.82) is 0 Å². The largest absolute Gasteiger partial charge is 0.372 e. The summed E-state index contributed by atoms with van der Waals surface area (Å²) in [6.07, 6.45) is 0.0510. The van der Waals surface area contributed by atoms with Crippen LogP contribution >= 0.6 is 0 Å². The van der Waals surface area contributed by atoms with Crippen LogP contribution in [0.2, 0.25) is 0 Å². The van der Waals surface area contributed by atoms with Crippen LogP contribution in [-0.2, 0) is 4.74 Å². The number of aryl methyl sites for hydroxylation is 1. The van der Waals surface area contributed by atoms with Crippen molar-refractivity contribution in [2.45, 2.75) is 52.7 Å². The van der Waals surface area contributed by atoms with Crippen LogP contribution < -0.4 is 0 Å². The van der Waals surface area contributed by atoms with Gasteiger partial charge in [0.05, 0.1) is 17.9 Å². The van der Waals surface area contributed by atoms with Crippen molar-refractivity contribution in [2.75, 3.05) is 13.1 Å². The van der Waals surface area contributed by atoms with Crippen molar-refractivity contribution < 1.29 is 9.53 Å². The molecule has 1 amide bonds. The van der Waals surface area contributed by atoms with Crippen LogP contribution in [0.25, 0.3) is 5.69 Å². The maximum absolute atomic E-state index is 12.8. The van der Waals surface area contributed by atoms with Gasteiger partial charge in [0.25, 0.3) is 5.91 Å². The molecular weight excluding hydrogens is 316 g/mol. The van der Waals surface area contributed by atoms with Crippen molar-refractivity contribution in [1.82, 2.24) is 19.7 Å². The molecular formula is C19H26N4O2. The average molecular weight is 342 g/mol. The van der Waals surface area contributed by atoms with Gasteiger partial charge < -0.3 is 9.64 Å². The first-order valence-corrected chi connectivity index (χ1v) is 8.84. The fourth-order valence-corrected chi connectivity index (χ4v) is 3.36. The zero-order valence-corrected chi connectivity index (χ0v) is 15.6. The van der Waals surface area contributed by atoms with E-state index in [0.29, 0.717) is 24.8 Å². The molecule has 1 aliphatic rings. The van der Waals surface area contributed by atoms with Crippen molar-refractivity contribution in [3.63, 3.8) is 0 Å². The molecule has 1 saturated heterocycles. The monoisotopic (exact) mass is 342 g/mol. The molecule has 3 rings (SSSR count). The number of para-hydroxylation sites is 1. The molecule has 1 aliphatic heterocycles. The van der Waals surface area contributed by atoms with E-state index in [2.05, 4.69) is 30.0 Å². The van der Waals surface area contributed by atoms with Gasteiger partial charge in [0.1, 0.15) is 5.82 Å². The van der Waals surface area contributed by atoms with Crippen LogP contribution in [0.15, 0.2) is 24.3 Å². The SMILES string of the molecule is Cc1nc(C(=O)N2C[C@@H](C)O[C@H](C)C2)nn1-c1ccccc1C(C)C. The van der Waals surface area contributed by atoms with E-state index in [1.807, 2.05) is 39.0 Å². The molecule has 0 aliphatic carbocycles. The van der Waals surface area contributed by atoms with E-state index in [4.69, 9.17) is 4.74 Å². The number of morpholine rings is 1. The average Bonchev–Trinajstić information content (AvgIpc) is 2.95. The second-order valence-corrected chi connectivity index (χ2v) is 7.08. The Morgan fingerprint density at radius 2 is 1.84 bits per heavy atom. The maximum atomic E-state index is 12.8. The Labute approximate surface area is 148 Å². The number of ether oxygens (including phenoxy) is 1. The molecule has 2 atom stereocenters. The quantitative estimate of drug-likeness (QED) is 0.860. The molecule has 0 N–H and O–H groups in total. The van der Waals surface area contributed by atoms with Gasteiger partial charge in [-0.25, -0.2) is 9.67 Å². The summed E-state index contributed by atoms with van der Waals surface area (Å²) in [5, 5.41) is 4.52. The Balaban J connectivity index is 1.92. The van der Waals surface area contributed by atoms with Gasteiger partial charge in [0.15, 0.2) is 0 Å². The second kappa shape index (κ2) is 6.96. The van der Waals surface area contributed by atoms with E-state index in [1.165, 1.54) is 5.56 Å². The van der Waals surface area contributed by atoms with Gasteiger partial charge >= 0.3 is 0 Å². The molecule has 1 fully saturated rings. The summed E-state index contributed by atoms with van der Waals surface area (Å²) in [6, 6.07) is 8.11. The molecule has 6 nitrogen and oxygen atoms in total. The number of hydrogen-bond acceptors (Lipinski definition) is 4. The number of carbonyl (C=O) groups is 1. The van der Waals surface area contributed by atoms with Crippen LogP contribution in [0.3, 0.4) is 0 Å². The van der Waals surface area contributed by atoms with Gasteiger partial charge in [-0.1, -0.05) is 32.0 Å². The minimum absolute atomic E-state index is 0.0255. The summed E-state index contributed by atoms with van der Waals surface area (Å²) in [4.78, 5) is 19.1. The normalized spacial score (nSPS) is 21.0. The molecule has 0 unspecified atom stereocenters. The minimum Gasteiger partial charge on any atom is -0.372 e. The number of benzene rings is 1. The molecule has 2 aromatic rings. The summed E-state index contributed by atoms with van der Waals surface area (Å²) in [6.45, 7) is 11.3. The summed E-state index contributed by atoms with van der Waals surface area (Å²) < 4.78 is 7.48. The van der Waals surface area contributed by atoms with Gasteiger partial charge in [-0.05, 0) is 38.3 Å². The van der Waals surface area contributed by atoms with Crippen LogP contribution in [-0.4, -0.2) is 50.9 Å². The number of hydrogen-bond donors (Lipinski definition) is 0. The lowest BCUT2D eigenvalue weighted by molar-refractivity contribution is -0.0588. The highest BCUT2D eigenvalue weighted by atomic mass is 16.5. The standard InChI is InChI=1S/C19H26N4O2/c1-12(2)16-8-6-7-9-17(16)23-15(5)20-18(21-23)19(24)22-10-13(3)25-14(4)11-22/h6-9,12-14H,10-11H2,1-5H3/t13-,14-/m1/s1. The number of rotatable bonds is 3. The van der Waals surface area contributed by atoms with Gasteiger partial charge in [-0.3, -0.25) is 4.79 Å². The molecule has 0 radical (unpaired) electrons. The first kappa shape index (κ1) is 17.6. The van der Waals surface area contributed by atoms with Crippen LogP contribution in [0.1, 0.15) is 55.6 Å². The van der Waals surface area contributed by atoms with E-state index >= 15 is 0 Å². The fraction of sp³-hybridized carbons (Fsp3) is 0.526. The second-order valence-electron chi connectivity index (χ2n) is 7.08. The predicted molar refractivity (Wildman–Crippen MR) is 96.1 cm³/mol. The van der Waals surface area contributed by atoms with E-state index in [1.54, 1.807) is 9.58 Å². The third kappa shape index (κ3) is 3.58. The van der Waals surface area contributed by atoms with E-state index in [0.717, 1.165) is 5.69 Å². The van der Waals surface area contributed by atoms with E-state index in [-0.39, 0.29) is 23.9 Å². The Morgan fingerprint density at radius 1 is 1.20 bits per heavy atom. The van der Waals surface area contributed by atoms with Gasteiger partial charge in [0, 0.05) is 13.1 Å². The first-order chi connectivity index (χ1) is 11.9. The summed E-state index contributed by atoms with van der Waals surface area (Å²) in [5.41, 5.74) is 2.16. The van der Waals surface area contributed by atoms with Crippen molar-refractivity contribution in [3.05, 3.63) is 41.5 Å². The molecule has 134 valence electrons. The van der Waals surface area contributed by atoms with Crippen LogP contribution in [0.4, 0.5) is 0 Å². The van der Waals surface area contributed by atoms with Crippen molar-refractivity contribution in [3.8, 4) is 5.69 Å². The molecule has 25 heavy (non-hydrogen) atoms. The molecule has 1 aromatic carbocycles. The number of aromatic nitrogens is 3. The Kier molecular flexibility index (Phi) is 4.90. The Hall–Kier alpha value is -2.21. The van der Waals surface area contributed by atoms with Crippen molar-refractivity contribution >= 4 is 5.91 Å². The Morgan fingerprint density at radius 3 is 2.48 bits per heavy atom. The number of nitrogens with zero attached hydrogens (tertiary/aromatic N) is 4. The molecule has 0 bridgehead atoms. The minimum atomic E-state index is -0.133. The zero-order chi connectivity index (χ0) is 18.1. The highest BCUT2D eigenvalue weighted by Crippen LogP contribution is 2.23. The lowest BCUT2D eigenvalue weighted by Gasteiger charge is -2.34. The summed E-state index contributed by atoms with van der Waals surface area (Å²) >= 11 is 0. The first-order valence-electron chi connectivity index (χ1n) is 8.84. The maximum Gasteiger partial charge on any atom is 0.293 e. The highest BCUT2D eigenvalue weighted by molar-refractivity contribution is 5.90. The third-order valence-electron chi connectivity index (χ3n) is 4.45. The zero-order valence-electron chi connectivity index (χ0n) is 15.6. The lowest BCUT2D eigenvalue weighted by atomic mass is 10.0. The van der Waals surface area contributed by atoms with E-state index in [9.17, 15) is 4.79 Å². The molecule has 0 spiro atoms. The molecule has 1 aromatic heterocycles. The predicted octanol–water partition coefficient (Wildman–Crippen LogP) is 2.95. The van der Waals surface area contributed by atoms with Crippen LogP contribution in [0, 0.1) is 6.92 Å². The summed E-state index contributed by atoms with van der Waals surface area (Å²) in [7, 11) is 0. The van der Waals surface area contributed by atoms with E-state index < -0.39 is 0 Å². The van der Waals surface area contributed by atoms with Crippen LogP contribution in [0.5, 0.6) is 0 Å². The smallest absolute Gasteiger partial charge is 0.293 e. The molecule has 0 saturated carbocycles. The van der Waals surface area contributed by atoms with Crippen molar-refractivity contribution in [2.24, 2.45) is 0 Å². The molecule has 2 heterocycles. The Bertz CT molecular complexity index is 759.